The molecule has 0 spiro atoms. The highest BCUT2D eigenvalue weighted by atomic mass is 32.2. The molecule has 2 N–H and O–H groups in total. The van der Waals surface area contributed by atoms with Crippen LogP contribution in [0.2, 0.25) is 0 Å². The van der Waals surface area contributed by atoms with Gasteiger partial charge in [-0.15, -0.1) is 11.8 Å². The molecule has 0 aliphatic heterocycles. The number of hydrazine groups is 1. The number of para-hydroxylation sites is 1. The van der Waals surface area contributed by atoms with E-state index in [0.717, 1.165) is 17.8 Å². The Morgan fingerprint density at radius 3 is 2.35 bits per heavy atom. The number of nitrogens with zero attached hydrogens (tertiary/aromatic N) is 1. The van der Waals surface area contributed by atoms with E-state index in [-0.39, 0.29) is 11.4 Å². The highest BCUT2D eigenvalue weighted by Gasteiger charge is 2.33. The zero-order valence-electron chi connectivity index (χ0n) is 13.4. The van der Waals surface area contributed by atoms with Crippen LogP contribution in [0.5, 0.6) is 0 Å². The highest BCUT2D eigenvalue weighted by molar-refractivity contribution is 8.00. The highest BCUT2D eigenvalue weighted by Crippen LogP contribution is 2.34. The summed E-state index contributed by atoms with van der Waals surface area (Å²) in [5, 5.41) is 9.97. The lowest BCUT2D eigenvalue weighted by Crippen LogP contribution is -2.36. The van der Waals surface area contributed by atoms with Crippen molar-refractivity contribution in [2.45, 2.75) is 23.2 Å². The van der Waals surface area contributed by atoms with Crippen LogP contribution in [-0.2, 0) is 11.0 Å². The molecule has 0 aromatic heterocycles. The monoisotopic (exact) mass is 385 g/mol. The SMILES string of the molecule is CC(Sc1ccc([N+](=O)[O-])cc1)C(=O)NNc1ccccc1C(F)(F)F. The molecule has 1 amide bonds. The minimum absolute atomic E-state index is 0.0723. The Labute approximate surface area is 150 Å². The van der Waals surface area contributed by atoms with E-state index in [1.807, 2.05) is 0 Å². The molecule has 138 valence electrons. The number of alkyl halides is 3. The lowest BCUT2D eigenvalue weighted by molar-refractivity contribution is -0.384. The number of benzene rings is 2. The molecule has 6 nitrogen and oxygen atoms in total. The molecule has 2 rings (SSSR count). The Balaban J connectivity index is 1.97. The second-order valence-electron chi connectivity index (χ2n) is 5.17. The van der Waals surface area contributed by atoms with Gasteiger partial charge in [0.25, 0.3) is 11.6 Å². The number of carbonyl (C=O) groups excluding carboxylic acids is 1. The number of non-ortho nitro benzene ring substituents is 1. The number of hydrogen-bond donors (Lipinski definition) is 2. The summed E-state index contributed by atoms with van der Waals surface area (Å²) in [5.41, 5.74) is 3.30. The van der Waals surface area contributed by atoms with Crippen molar-refractivity contribution in [1.29, 1.82) is 0 Å². The molecule has 0 aliphatic carbocycles. The number of carbonyl (C=O) groups is 1. The van der Waals surface area contributed by atoms with Gasteiger partial charge >= 0.3 is 6.18 Å². The van der Waals surface area contributed by atoms with Crippen molar-refractivity contribution in [2.75, 3.05) is 5.43 Å². The number of nitro benzene ring substituents is 1. The zero-order valence-corrected chi connectivity index (χ0v) is 14.2. The predicted molar refractivity (Wildman–Crippen MR) is 91.6 cm³/mol. The molecule has 1 atom stereocenters. The first-order valence-electron chi connectivity index (χ1n) is 7.31. The zero-order chi connectivity index (χ0) is 19.3. The van der Waals surface area contributed by atoms with E-state index < -0.39 is 27.8 Å². The molecule has 0 saturated heterocycles. The molecule has 0 bridgehead atoms. The largest absolute Gasteiger partial charge is 0.418 e. The minimum Gasteiger partial charge on any atom is -0.298 e. The number of amides is 1. The van der Waals surface area contributed by atoms with Crippen molar-refractivity contribution in [3.05, 3.63) is 64.2 Å². The van der Waals surface area contributed by atoms with Crippen LogP contribution in [0.1, 0.15) is 12.5 Å². The van der Waals surface area contributed by atoms with Gasteiger partial charge in [0.15, 0.2) is 0 Å². The van der Waals surface area contributed by atoms with Crippen molar-refractivity contribution in [3.8, 4) is 0 Å². The number of rotatable bonds is 6. The molecule has 0 aliphatic rings. The maximum Gasteiger partial charge on any atom is 0.418 e. The predicted octanol–water partition coefficient (Wildman–Crippen LogP) is 4.24. The van der Waals surface area contributed by atoms with E-state index in [0.29, 0.717) is 4.90 Å². The van der Waals surface area contributed by atoms with E-state index >= 15 is 0 Å². The third-order valence-electron chi connectivity index (χ3n) is 3.28. The fourth-order valence-electron chi connectivity index (χ4n) is 1.97. The van der Waals surface area contributed by atoms with Crippen LogP contribution in [0.15, 0.2) is 53.4 Å². The number of nitro groups is 1. The first kappa shape index (κ1) is 19.6. The second kappa shape index (κ2) is 8.09. The van der Waals surface area contributed by atoms with E-state index in [9.17, 15) is 28.1 Å². The molecule has 0 saturated carbocycles. The summed E-state index contributed by atoms with van der Waals surface area (Å²) in [5.74, 6) is -0.537. The van der Waals surface area contributed by atoms with Gasteiger partial charge in [0.1, 0.15) is 0 Å². The lowest BCUT2D eigenvalue weighted by Gasteiger charge is -2.17. The van der Waals surface area contributed by atoms with E-state index in [1.54, 1.807) is 6.92 Å². The molecular weight excluding hydrogens is 371 g/mol. The van der Waals surface area contributed by atoms with Gasteiger partial charge < -0.3 is 0 Å². The normalized spacial score (nSPS) is 12.3. The lowest BCUT2D eigenvalue weighted by atomic mass is 10.2. The fourth-order valence-corrected chi connectivity index (χ4v) is 2.84. The smallest absolute Gasteiger partial charge is 0.298 e. The average Bonchev–Trinajstić information content (AvgIpc) is 2.59. The Morgan fingerprint density at radius 2 is 1.77 bits per heavy atom. The number of halogens is 3. The van der Waals surface area contributed by atoms with Crippen molar-refractivity contribution < 1.29 is 22.9 Å². The fraction of sp³-hybridized carbons (Fsp3) is 0.188. The summed E-state index contributed by atoms with van der Waals surface area (Å²) in [6, 6.07) is 10.4. The summed E-state index contributed by atoms with van der Waals surface area (Å²) < 4.78 is 38.7. The number of thioether (sulfide) groups is 1. The molecule has 0 heterocycles. The maximum absolute atomic E-state index is 12.9. The van der Waals surface area contributed by atoms with Crippen LogP contribution in [0, 0.1) is 10.1 Å². The second-order valence-corrected chi connectivity index (χ2v) is 6.58. The maximum atomic E-state index is 12.9. The number of nitrogens with one attached hydrogen (secondary N) is 2. The van der Waals surface area contributed by atoms with Crippen molar-refractivity contribution in [1.82, 2.24) is 5.43 Å². The van der Waals surface area contributed by atoms with E-state index in [1.165, 1.54) is 42.5 Å². The molecule has 0 radical (unpaired) electrons. The molecule has 10 heteroatoms. The third-order valence-corrected chi connectivity index (χ3v) is 4.39. The summed E-state index contributed by atoms with van der Waals surface area (Å²) in [6.07, 6.45) is -4.55. The van der Waals surface area contributed by atoms with Crippen LogP contribution in [0.25, 0.3) is 0 Å². The quantitative estimate of drug-likeness (QED) is 0.441. The molecule has 2 aromatic rings. The Hall–Kier alpha value is -2.75. The van der Waals surface area contributed by atoms with Crippen molar-refractivity contribution in [3.63, 3.8) is 0 Å². The van der Waals surface area contributed by atoms with Crippen molar-refractivity contribution >= 4 is 29.0 Å². The van der Waals surface area contributed by atoms with E-state index in [2.05, 4.69) is 10.9 Å². The first-order chi connectivity index (χ1) is 12.2. The van der Waals surface area contributed by atoms with Gasteiger partial charge in [-0.25, -0.2) is 0 Å². The summed E-state index contributed by atoms with van der Waals surface area (Å²) >= 11 is 1.12. The Kier molecular flexibility index (Phi) is 6.09. The Bertz CT molecular complexity index is 797. The molecule has 26 heavy (non-hydrogen) atoms. The molecule has 0 fully saturated rings. The topological polar surface area (TPSA) is 84.3 Å². The first-order valence-corrected chi connectivity index (χ1v) is 8.19. The standard InChI is InChI=1S/C16H14F3N3O3S/c1-10(26-12-8-6-11(7-9-12)22(24)25)15(23)21-20-14-5-3-2-4-13(14)16(17,18)19/h2-10,20H,1H3,(H,21,23). The van der Waals surface area contributed by atoms with Crippen LogP contribution >= 0.6 is 11.8 Å². The minimum atomic E-state index is -4.55. The van der Waals surface area contributed by atoms with E-state index in [4.69, 9.17) is 0 Å². The number of anilines is 1. The number of hydrogen-bond acceptors (Lipinski definition) is 5. The van der Waals surface area contributed by atoms with Gasteiger partial charge in [-0.2, -0.15) is 13.2 Å². The van der Waals surface area contributed by atoms with Crippen molar-refractivity contribution in [2.24, 2.45) is 0 Å². The van der Waals surface area contributed by atoms with Gasteiger partial charge in [0, 0.05) is 17.0 Å². The van der Waals surface area contributed by atoms with Crippen LogP contribution < -0.4 is 10.9 Å². The van der Waals surface area contributed by atoms with Gasteiger partial charge in [-0.1, -0.05) is 12.1 Å². The molecular formula is C16H14F3N3O3S. The molecule has 1 unspecified atom stereocenters. The average molecular weight is 385 g/mol. The summed E-state index contributed by atoms with van der Waals surface area (Å²) in [6.45, 7) is 1.57. The summed E-state index contributed by atoms with van der Waals surface area (Å²) in [7, 11) is 0. The van der Waals surface area contributed by atoms with Gasteiger partial charge in [0.05, 0.1) is 21.4 Å². The Morgan fingerprint density at radius 1 is 1.15 bits per heavy atom. The van der Waals surface area contributed by atoms with Gasteiger partial charge in [0.2, 0.25) is 0 Å². The third kappa shape index (κ3) is 5.12. The van der Waals surface area contributed by atoms with Crippen LogP contribution in [0.4, 0.5) is 24.5 Å². The van der Waals surface area contributed by atoms with Crippen LogP contribution in [0.3, 0.4) is 0 Å². The van der Waals surface area contributed by atoms with Gasteiger partial charge in [-0.3, -0.25) is 25.8 Å². The van der Waals surface area contributed by atoms with Gasteiger partial charge in [-0.05, 0) is 31.2 Å². The molecule has 2 aromatic carbocycles. The van der Waals surface area contributed by atoms with Crippen LogP contribution in [-0.4, -0.2) is 16.1 Å². The summed E-state index contributed by atoms with van der Waals surface area (Å²) in [4.78, 5) is 22.8.